The first-order valence-corrected chi connectivity index (χ1v) is 12.3. The van der Waals surface area contributed by atoms with Crippen molar-refractivity contribution in [1.29, 1.82) is 0 Å². The largest absolute Gasteiger partial charge is 0.500 e. The van der Waals surface area contributed by atoms with E-state index in [4.69, 9.17) is 22.8 Å². The van der Waals surface area contributed by atoms with Gasteiger partial charge in [-0.05, 0) is 24.1 Å². The Morgan fingerprint density at radius 1 is 0.806 bits per heavy atom. The van der Waals surface area contributed by atoms with Crippen LogP contribution in [-0.2, 0) is 36.8 Å². The summed E-state index contributed by atoms with van der Waals surface area (Å²) in [6, 6.07) is 27.1. The quantitative estimate of drug-likeness (QED) is 0.469. The summed E-state index contributed by atoms with van der Waals surface area (Å²) in [4.78, 5) is 0. The van der Waals surface area contributed by atoms with E-state index in [1.165, 1.54) is 5.56 Å². The van der Waals surface area contributed by atoms with E-state index < -0.39 is 14.6 Å². The first kappa shape index (κ1) is 21.7. The Labute approximate surface area is 184 Å². The van der Waals surface area contributed by atoms with Gasteiger partial charge in [0.1, 0.15) is 5.75 Å². The summed E-state index contributed by atoms with van der Waals surface area (Å²) < 4.78 is 29.6. The average Bonchev–Trinajstić information content (AvgIpc) is 2.86. The van der Waals surface area contributed by atoms with Crippen LogP contribution in [0.3, 0.4) is 0 Å². The molecule has 1 heterocycles. The van der Waals surface area contributed by atoms with Gasteiger partial charge in [0.2, 0.25) is 0 Å². The van der Waals surface area contributed by atoms with E-state index in [9.17, 15) is 0 Å². The maximum absolute atomic E-state index is 6.57. The topological polar surface area (TPSA) is 46.2 Å². The zero-order valence-electron chi connectivity index (χ0n) is 18.2. The number of ether oxygens (including phenoxy) is 2. The Bertz CT molecular complexity index is 942. The molecule has 6 heteroatoms. The van der Waals surface area contributed by atoms with Crippen LogP contribution in [0, 0.1) is 0 Å². The maximum Gasteiger partial charge on any atom is 0.500 e. The third-order valence-corrected chi connectivity index (χ3v) is 8.50. The first-order valence-electron chi connectivity index (χ1n) is 10.4. The van der Waals surface area contributed by atoms with Crippen molar-refractivity contribution in [3.63, 3.8) is 0 Å². The van der Waals surface area contributed by atoms with Crippen molar-refractivity contribution in [2.45, 2.75) is 24.9 Å². The molecule has 162 valence electrons. The lowest BCUT2D eigenvalue weighted by atomic mass is 9.95. The molecule has 4 rings (SSSR count). The van der Waals surface area contributed by atoms with Crippen LogP contribution in [0.5, 0.6) is 5.75 Å². The standard InChI is InChI=1S/C25H28O5Si/c1-26-31(27-2,28-3)17-16-20-14-15-24-21(18-20)19-29-25(30-24,22-10-6-4-7-11-22)23-12-8-5-9-13-23/h4-15,18H,16-17,19H2,1-3H3. The molecule has 0 saturated carbocycles. The van der Waals surface area contributed by atoms with Crippen molar-refractivity contribution < 1.29 is 22.8 Å². The molecule has 0 aliphatic carbocycles. The molecule has 3 aromatic rings. The SMILES string of the molecule is CO[Si](CCc1ccc2c(c1)COC(c1ccccc1)(c1ccccc1)O2)(OC)OC. The Hall–Kier alpha value is -2.48. The van der Waals surface area contributed by atoms with Gasteiger partial charge >= 0.3 is 8.80 Å². The Balaban J connectivity index is 1.62. The van der Waals surface area contributed by atoms with E-state index in [0.29, 0.717) is 12.7 Å². The molecule has 0 aromatic heterocycles. The van der Waals surface area contributed by atoms with Crippen LogP contribution in [0.25, 0.3) is 0 Å². The fraction of sp³-hybridized carbons (Fsp3) is 0.280. The molecule has 0 spiro atoms. The molecule has 1 aliphatic heterocycles. The van der Waals surface area contributed by atoms with Crippen LogP contribution < -0.4 is 4.74 Å². The van der Waals surface area contributed by atoms with Crippen molar-refractivity contribution in [2.75, 3.05) is 21.3 Å². The van der Waals surface area contributed by atoms with E-state index in [2.05, 4.69) is 12.1 Å². The first-order chi connectivity index (χ1) is 15.1. The van der Waals surface area contributed by atoms with Crippen LogP contribution in [-0.4, -0.2) is 30.1 Å². The summed E-state index contributed by atoms with van der Waals surface area (Å²) >= 11 is 0. The second-order valence-corrected chi connectivity index (χ2v) is 10.6. The van der Waals surface area contributed by atoms with Gasteiger partial charge in [-0.1, -0.05) is 66.7 Å². The van der Waals surface area contributed by atoms with Gasteiger partial charge in [-0.15, -0.1) is 0 Å². The lowest BCUT2D eigenvalue weighted by Gasteiger charge is -2.39. The average molecular weight is 437 g/mol. The molecule has 31 heavy (non-hydrogen) atoms. The lowest BCUT2D eigenvalue weighted by Crippen LogP contribution is -2.43. The molecule has 1 aliphatic rings. The molecule has 0 unspecified atom stereocenters. The van der Waals surface area contributed by atoms with Gasteiger partial charge in [-0.2, -0.15) is 0 Å². The third-order valence-electron chi connectivity index (χ3n) is 5.77. The summed E-state index contributed by atoms with van der Waals surface area (Å²) in [5.41, 5.74) is 4.12. The zero-order chi connectivity index (χ0) is 21.7. The van der Waals surface area contributed by atoms with Crippen LogP contribution in [0.1, 0.15) is 22.3 Å². The molecule has 0 saturated heterocycles. The summed E-state index contributed by atoms with van der Waals surface area (Å²) in [5, 5.41) is 0. The highest BCUT2D eigenvalue weighted by atomic mass is 28.4. The van der Waals surface area contributed by atoms with Gasteiger partial charge < -0.3 is 22.8 Å². The third kappa shape index (κ3) is 4.30. The molecular formula is C25H28O5Si. The molecule has 0 radical (unpaired) electrons. The molecule has 0 fully saturated rings. The van der Waals surface area contributed by atoms with Crippen molar-refractivity contribution in [2.24, 2.45) is 0 Å². The second kappa shape index (κ2) is 9.34. The number of hydrogen-bond acceptors (Lipinski definition) is 5. The Morgan fingerprint density at radius 2 is 1.39 bits per heavy atom. The fourth-order valence-corrected chi connectivity index (χ4v) is 5.69. The maximum atomic E-state index is 6.57. The molecule has 0 N–H and O–H groups in total. The van der Waals surface area contributed by atoms with Crippen molar-refractivity contribution in [1.82, 2.24) is 0 Å². The predicted molar refractivity (Wildman–Crippen MR) is 121 cm³/mol. The Kier molecular flexibility index (Phi) is 6.55. The van der Waals surface area contributed by atoms with Crippen LogP contribution in [0.2, 0.25) is 6.04 Å². The molecular weight excluding hydrogens is 408 g/mol. The molecule has 0 atom stereocenters. The lowest BCUT2D eigenvalue weighted by molar-refractivity contribution is -0.184. The molecule has 3 aromatic carbocycles. The van der Waals surface area contributed by atoms with Crippen LogP contribution >= 0.6 is 0 Å². The number of rotatable bonds is 8. The van der Waals surface area contributed by atoms with Crippen molar-refractivity contribution in [3.8, 4) is 5.75 Å². The minimum absolute atomic E-state index is 0.453. The molecule has 5 nitrogen and oxygen atoms in total. The highest BCUT2D eigenvalue weighted by Crippen LogP contribution is 2.42. The Morgan fingerprint density at radius 3 is 1.94 bits per heavy atom. The zero-order valence-corrected chi connectivity index (χ0v) is 19.2. The monoisotopic (exact) mass is 436 g/mol. The molecule has 0 amide bonds. The van der Waals surface area contributed by atoms with E-state index in [1.54, 1.807) is 21.3 Å². The van der Waals surface area contributed by atoms with Gasteiger partial charge in [0.25, 0.3) is 5.79 Å². The summed E-state index contributed by atoms with van der Waals surface area (Å²) in [7, 11) is 2.31. The highest BCUT2D eigenvalue weighted by Gasteiger charge is 2.42. The van der Waals surface area contributed by atoms with Crippen LogP contribution in [0.15, 0.2) is 78.9 Å². The van der Waals surface area contributed by atoms with Crippen LogP contribution in [0.4, 0.5) is 0 Å². The van der Waals surface area contributed by atoms with E-state index >= 15 is 0 Å². The number of benzene rings is 3. The fourth-order valence-electron chi connectivity index (χ4n) is 3.98. The van der Waals surface area contributed by atoms with Crippen molar-refractivity contribution >= 4 is 8.80 Å². The smallest absolute Gasteiger partial charge is 0.453 e. The van der Waals surface area contributed by atoms with Crippen molar-refractivity contribution in [3.05, 3.63) is 101 Å². The predicted octanol–water partition coefficient (Wildman–Crippen LogP) is 4.92. The van der Waals surface area contributed by atoms with Gasteiger partial charge in [-0.3, -0.25) is 0 Å². The minimum atomic E-state index is -2.61. The van der Waals surface area contributed by atoms with Gasteiger partial charge in [-0.25, -0.2) is 0 Å². The summed E-state index contributed by atoms with van der Waals surface area (Å²) in [6.07, 6.45) is 0.789. The second-order valence-electron chi connectivity index (χ2n) is 7.48. The van der Waals surface area contributed by atoms with Gasteiger partial charge in [0, 0.05) is 44.1 Å². The number of fused-ring (bicyclic) bond motifs is 1. The number of hydrogen-bond donors (Lipinski definition) is 0. The van der Waals surface area contributed by atoms with Gasteiger partial charge in [0.05, 0.1) is 6.61 Å². The summed E-state index contributed by atoms with van der Waals surface area (Å²) in [6.45, 7) is 0.453. The molecule has 0 bridgehead atoms. The minimum Gasteiger partial charge on any atom is -0.453 e. The normalized spacial score (nSPS) is 15.2. The van der Waals surface area contributed by atoms with Gasteiger partial charge in [0.15, 0.2) is 0 Å². The summed E-state index contributed by atoms with van der Waals surface area (Å²) in [5.74, 6) is -0.141. The van der Waals surface area contributed by atoms with E-state index in [1.807, 2.05) is 66.7 Å². The number of aryl methyl sites for hydroxylation is 1. The van der Waals surface area contributed by atoms with E-state index in [0.717, 1.165) is 28.9 Å². The van der Waals surface area contributed by atoms with E-state index in [-0.39, 0.29) is 0 Å². The highest BCUT2D eigenvalue weighted by molar-refractivity contribution is 6.60.